The molecule has 1 unspecified atom stereocenters. The molecule has 1 aromatic heterocycles. The van der Waals surface area contributed by atoms with E-state index < -0.39 is 46.1 Å². The molecule has 1 aromatic rings. The lowest BCUT2D eigenvalue weighted by Crippen LogP contribution is -2.40. The van der Waals surface area contributed by atoms with E-state index in [2.05, 4.69) is 4.98 Å². The first kappa shape index (κ1) is 16.1. The predicted molar refractivity (Wildman–Crippen MR) is 60.3 cm³/mol. The van der Waals surface area contributed by atoms with E-state index in [4.69, 9.17) is 16.7 Å². The molecule has 0 saturated carbocycles. The maximum absolute atomic E-state index is 12.0. The van der Waals surface area contributed by atoms with Crippen molar-refractivity contribution in [3.63, 3.8) is 0 Å². The van der Waals surface area contributed by atoms with E-state index in [0.717, 1.165) is 12.3 Å². The third-order valence-corrected chi connectivity index (χ3v) is 2.42. The summed E-state index contributed by atoms with van der Waals surface area (Å²) in [6.07, 6.45) is -6.85. The average molecular weight is 314 g/mol. The number of aliphatic hydroxyl groups excluding tert-OH is 1. The molecule has 0 bridgehead atoms. The Hall–Kier alpha value is -1.94. The molecule has 11 heteroatoms. The molecule has 1 atom stereocenters. The van der Waals surface area contributed by atoms with Crippen molar-refractivity contribution in [1.29, 1.82) is 0 Å². The molecule has 2 N–H and O–H groups in total. The van der Waals surface area contributed by atoms with Crippen LogP contribution in [0.4, 0.5) is 18.9 Å². The van der Waals surface area contributed by atoms with E-state index >= 15 is 0 Å². The fourth-order valence-corrected chi connectivity index (χ4v) is 1.29. The van der Waals surface area contributed by atoms with Crippen LogP contribution in [0.1, 0.15) is 10.4 Å². The number of pyridine rings is 1. The lowest BCUT2D eigenvalue weighted by Gasteiger charge is -2.15. The predicted octanol–water partition coefficient (Wildman–Crippen LogP) is 1.30. The molecule has 110 valence electrons. The fourth-order valence-electron chi connectivity index (χ4n) is 1.10. The first-order valence-corrected chi connectivity index (χ1v) is 5.33. The summed E-state index contributed by atoms with van der Waals surface area (Å²) in [4.78, 5) is 24.6. The Labute approximate surface area is 114 Å². The van der Waals surface area contributed by atoms with Crippen molar-refractivity contribution < 1.29 is 28.0 Å². The Balaban J connectivity index is 2.83. The molecular formula is C9H7ClF3N3O4. The Kier molecular flexibility index (Phi) is 4.84. The zero-order valence-electron chi connectivity index (χ0n) is 9.52. The Morgan fingerprint density at radius 2 is 2.20 bits per heavy atom. The first-order valence-electron chi connectivity index (χ1n) is 4.96. The van der Waals surface area contributed by atoms with Gasteiger partial charge in [-0.25, -0.2) is 4.98 Å². The smallest absolute Gasteiger partial charge is 0.382 e. The summed E-state index contributed by atoms with van der Waals surface area (Å²) in [5, 5.41) is 20.5. The highest BCUT2D eigenvalue weighted by molar-refractivity contribution is 6.32. The summed E-state index contributed by atoms with van der Waals surface area (Å²) in [7, 11) is 0. The van der Waals surface area contributed by atoms with Crippen LogP contribution in [-0.4, -0.2) is 39.7 Å². The van der Waals surface area contributed by atoms with E-state index in [9.17, 15) is 28.1 Å². The van der Waals surface area contributed by atoms with Crippen LogP contribution in [-0.2, 0) is 0 Å². The van der Waals surface area contributed by atoms with Gasteiger partial charge >= 0.3 is 6.18 Å². The average Bonchev–Trinajstić information content (AvgIpc) is 2.34. The second-order valence-corrected chi connectivity index (χ2v) is 3.91. The summed E-state index contributed by atoms with van der Waals surface area (Å²) in [6, 6.07) is 0.768. The molecule has 0 spiro atoms. The van der Waals surface area contributed by atoms with Crippen molar-refractivity contribution in [3.05, 3.63) is 33.1 Å². The number of hydrogen-bond acceptors (Lipinski definition) is 5. The van der Waals surface area contributed by atoms with E-state index in [1.807, 2.05) is 0 Å². The molecule has 20 heavy (non-hydrogen) atoms. The lowest BCUT2D eigenvalue weighted by atomic mass is 10.2. The van der Waals surface area contributed by atoms with Crippen LogP contribution in [0.15, 0.2) is 12.3 Å². The van der Waals surface area contributed by atoms with Crippen molar-refractivity contribution in [2.45, 2.75) is 12.3 Å². The molecule has 1 amide bonds. The van der Waals surface area contributed by atoms with Gasteiger partial charge in [0, 0.05) is 6.07 Å². The third-order valence-electron chi connectivity index (χ3n) is 2.11. The van der Waals surface area contributed by atoms with Gasteiger partial charge in [-0.15, -0.1) is 0 Å². The topological polar surface area (TPSA) is 105 Å². The number of amides is 1. The van der Waals surface area contributed by atoms with Crippen molar-refractivity contribution in [2.75, 3.05) is 6.54 Å². The van der Waals surface area contributed by atoms with Crippen LogP contribution >= 0.6 is 11.6 Å². The molecule has 0 aromatic carbocycles. The van der Waals surface area contributed by atoms with Crippen LogP contribution in [0.25, 0.3) is 0 Å². The van der Waals surface area contributed by atoms with Crippen LogP contribution in [0, 0.1) is 10.1 Å². The summed E-state index contributed by atoms with van der Waals surface area (Å²) in [5.41, 5.74) is -1.01. The molecule has 7 nitrogen and oxygen atoms in total. The van der Waals surface area contributed by atoms with Crippen LogP contribution in [0.5, 0.6) is 0 Å². The number of carbonyl (C=O) groups excluding carboxylic acids is 1. The number of nitrogens with one attached hydrogen (secondary N) is 1. The van der Waals surface area contributed by atoms with Gasteiger partial charge in [-0.1, -0.05) is 11.6 Å². The van der Waals surface area contributed by atoms with Crippen LogP contribution < -0.4 is 5.32 Å². The van der Waals surface area contributed by atoms with Gasteiger partial charge in [0.25, 0.3) is 11.6 Å². The quantitative estimate of drug-likeness (QED) is 0.495. The molecule has 0 fully saturated rings. The summed E-state index contributed by atoms with van der Waals surface area (Å²) in [6.45, 7) is -1.11. The first-order chi connectivity index (χ1) is 9.12. The minimum Gasteiger partial charge on any atom is -0.382 e. The Morgan fingerprint density at radius 1 is 1.60 bits per heavy atom. The van der Waals surface area contributed by atoms with Gasteiger partial charge in [0.2, 0.25) is 0 Å². The molecule has 0 aliphatic heterocycles. The number of nitro groups is 1. The normalized spacial score (nSPS) is 12.8. The molecule has 0 aliphatic carbocycles. The van der Waals surface area contributed by atoms with Gasteiger partial charge in [0.05, 0.1) is 17.0 Å². The van der Waals surface area contributed by atoms with Gasteiger partial charge in [-0.05, 0) is 0 Å². The number of hydrogen-bond donors (Lipinski definition) is 2. The van der Waals surface area contributed by atoms with Crippen molar-refractivity contribution in [2.24, 2.45) is 0 Å². The molecule has 0 radical (unpaired) electrons. The van der Waals surface area contributed by atoms with Crippen LogP contribution in [0.2, 0.25) is 5.15 Å². The number of nitrogens with zero attached hydrogens (tertiary/aromatic N) is 2. The highest BCUT2D eigenvalue weighted by Crippen LogP contribution is 2.21. The highest BCUT2D eigenvalue weighted by Gasteiger charge is 2.38. The van der Waals surface area contributed by atoms with Crippen molar-refractivity contribution in [1.82, 2.24) is 10.3 Å². The largest absolute Gasteiger partial charge is 0.416 e. The maximum Gasteiger partial charge on any atom is 0.416 e. The van der Waals surface area contributed by atoms with E-state index in [1.54, 1.807) is 5.32 Å². The SMILES string of the molecule is O=C(NCC(O)C(F)(F)F)c1cc([N+](=O)[O-])cnc1Cl. The third kappa shape index (κ3) is 4.03. The number of aromatic nitrogens is 1. The van der Waals surface area contributed by atoms with Gasteiger partial charge in [0.1, 0.15) is 11.3 Å². The monoisotopic (exact) mass is 313 g/mol. The molecule has 1 rings (SSSR count). The molecule has 0 aliphatic rings. The summed E-state index contributed by atoms with van der Waals surface area (Å²) >= 11 is 5.52. The number of halogens is 4. The molecule has 0 saturated heterocycles. The minimum atomic E-state index is -4.89. The standard InChI is InChI=1S/C9H7ClF3N3O4/c10-7-5(1-4(2-14-7)16(19)20)8(18)15-3-6(17)9(11,12)13/h1-2,6,17H,3H2,(H,15,18). The van der Waals surface area contributed by atoms with Crippen LogP contribution in [0.3, 0.4) is 0 Å². The number of carbonyl (C=O) groups is 1. The van der Waals surface area contributed by atoms with Gasteiger partial charge in [-0.3, -0.25) is 14.9 Å². The number of aliphatic hydroxyl groups is 1. The van der Waals surface area contributed by atoms with E-state index in [0.29, 0.717) is 0 Å². The van der Waals surface area contributed by atoms with Gasteiger partial charge in [-0.2, -0.15) is 13.2 Å². The van der Waals surface area contributed by atoms with E-state index in [1.165, 1.54) is 0 Å². The summed E-state index contributed by atoms with van der Waals surface area (Å²) < 4.78 is 36.1. The lowest BCUT2D eigenvalue weighted by molar-refractivity contribution is -0.385. The van der Waals surface area contributed by atoms with Gasteiger partial charge in [0.15, 0.2) is 6.10 Å². The number of alkyl halides is 3. The fraction of sp³-hybridized carbons (Fsp3) is 0.333. The van der Waals surface area contributed by atoms with Gasteiger partial charge < -0.3 is 10.4 Å². The second kappa shape index (κ2) is 6.01. The maximum atomic E-state index is 12.0. The summed E-state index contributed by atoms with van der Waals surface area (Å²) in [5.74, 6) is -1.12. The Bertz CT molecular complexity index is 538. The second-order valence-electron chi connectivity index (χ2n) is 3.56. The zero-order valence-corrected chi connectivity index (χ0v) is 10.3. The Morgan fingerprint density at radius 3 is 2.70 bits per heavy atom. The van der Waals surface area contributed by atoms with Crippen molar-refractivity contribution in [3.8, 4) is 0 Å². The zero-order chi connectivity index (χ0) is 15.5. The number of rotatable bonds is 4. The molecule has 1 heterocycles. The van der Waals surface area contributed by atoms with Crippen molar-refractivity contribution >= 4 is 23.2 Å². The van der Waals surface area contributed by atoms with E-state index in [-0.39, 0.29) is 0 Å². The minimum absolute atomic E-state index is 0.408. The molecular weight excluding hydrogens is 307 g/mol. The highest BCUT2D eigenvalue weighted by atomic mass is 35.5.